The maximum atomic E-state index is 10.8. The van der Waals surface area contributed by atoms with Gasteiger partial charge in [0.25, 0.3) is 0 Å². The largest absolute Gasteiger partial charge is 0.460 e. The molecule has 0 aliphatic carbocycles. The number of aliphatic hydroxyl groups is 3. The third-order valence-corrected chi connectivity index (χ3v) is 2.82. The molecule has 3 unspecified atom stereocenters. The molecule has 0 aliphatic rings. The van der Waals surface area contributed by atoms with Gasteiger partial charge in [0.1, 0.15) is 6.61 Å². The fourth-order valence-corrected chi connectivity index (χ4v) is 1.70. The van der Waals surface area contributed by atoms with Gasteiger partial charge in [-0.25, -0.2) is 4.79 Å². The number of carbonyl (C=O) groups is 1. The molecule has 0 aliphatic heterocycles. The van der Waals surface area contributed by atoms with Gasteiger partial charge in [-0.2, -0.15) is 0 Å². The highest BCUT2D eigenvalue weighted by Gasteiger charge is 2.09. The van der Waals surface area contributed by atoms with Crippen LogP contribution in [-0.4, -0.2) is 46.2 Å². The van der Waals surface area contributed by atoms with Crippen molar-refractivity contribution in [3.8, 4) is 0 Å². The first-order valence-electron chi connectivity index (χ1n) is 6.79. The number of ether oxygens (including phenoxy) is 1. The standard InChI is InChI=1S/C14H26O5/c1-3-14(18)19-10-13(17)9-5-8-12(16)7-4-6-11(2)15/h3,11-13,15-17H,1,4-10H2,2H3. The highest BCUT2D eigenvalue weighted by Crippen LogP contribution is 2.11. The number of hydrogen-bond acceptors (Lipinski definition) is 5. The molecule has 0 spiro atoms. The lowest BCUT2D eigenvalue weighted by molar-refractivity contribution is -0.140. The van der Waals surface area contributed by atoms with Crippen LogP contribution in [0.4, 0.5) is 0 Å². The zero-order chi connectivity index (χ0) is 14.7. The molecular formula is C14H26O5. The van der Waals surface area contributed by atoms with E-state index in [9.17, 15) is 15.0 Å². The molecule has 5 heteroatoms. The van der Waals surface area contributed by atoms with Crippen molar-refractivity contribution in [1.82, 2.24) is 0 Å². The summed E-state index contributed by atoms with van der Waals surface area (Å²) >= 11 is 0. The van der Waals surface area contributed by atoms with E-state index >= 15 is 0 Å². The summed E-state index contributed by atoms with van der Waals surface area (Å²) in [5.41, 5.74) is 0. The van der Waals surface area contributed by atoms with Crippen LogP contribution in [0.1, 0.15) is 45.4 Å². The molecule has 19 heavy (non-hydrogen) atoms. The number of esters is 1. The first-order valence-corrected chi connectivity index (χ1v) is 6.79. The van der Waals surface area contributed by atoms with Crippen LogP contribution in [0.2, 0.25) is 0 Å². The Bertz CT molecular complexity index is 252. The summed E-state index contributed by atoms with van der Waals surface area (Å²) in [5.74, 6) is -0.544. The van der Waals surface area contributed by atoms with Gasteiger partial charge in [-0.1, -0.05) is 6.58 Å². The third kappa shape index (κ3) is 11.9. The molecule has 3 atom stereocenters. The summed E-state index contributed by atoms with van der Waals surface area (Å²) in [7, 11) is 0. The molecule has 0 heterocycles. The van der Waals surface area contributed by atoms with Gasteiger partial charge < -0.3 is 20.1 Å². The Morgan fingerprint density at radius 2 is 1.63 bits per heavy atom. The molecule has 112 valence electrons. The number of carbonyl (C=O) groups excluding carboxylic acids is 1. The second-order valence-corrected chi connectivity index (χ2v) is 4.85. The molecule has 0 aromatic heterocycles. The van der Waals surface area contributed by atoms with Crippen LogP contribution in [0.15, 0.2) is 12.7 Å². The van der Waals surface area contributed by atoms with E-state index in [0.717, 1.165) is 12.5 Å². The Morgan fingerprint density at radius 1 is 1.11 bits per heavy atom. The van der Waals surface area contributed by atoms with E-state index in [1.54, 1.807) is 6.92 Å². The first kappa shape index (κ1) is 18.1. The van der Waals surface area contributed by atoms with Gasteiger partial charge in [-0.15, -0.1) is 0 Å². The Kier molecular flexibility index (Phi) is 10.4. The highest BCUT2D eigenvalue weighted by molar-refractivity contribution is 5.81. The molecule has 5 nitrogen and oxygen atoms in total. The average molecular weight is 274 g/mol. The van der Waals surface area contributed by atoms with Gasteiger partial charge in [-0.05, 0) is 45.4 Å². The fraction of sp³-hybridized carbons (Fsp3) is 0.786. The monoisotopic (exact) mass is 274 g/mol. The number of hydrogen-bond donors (Lipinski definition) is 3. The van der Waals surface area contributed by atoms with Gasteiger partial charge in [0.2, 0.25) is 0 Å². The van der Waals surface area contributed by atoms with E-state index < -0.39 is 18.2 Å². The second kappa shape index (κ2) is 11.0. The van der Waals surface area contributed by atoms with Gasteiger partial charge >= 0.3 is 5.97 Å². The van der Waals surface area contributed by atoms with E-state index in [0.29, 0.717) is 32.1 Å². The van der Waals surface area contributed by atoms with Crippen molar-refractivity contribution in [2.75, 3.05) is 6.61 Å². The predicted molar refractivity (Wildman–Crippen MR) is 72.6 cm³/mol. The SMILES string of the molecule is C=CC(=O)OCC(O)CCCC(O)CCCC(C)O. The number of aliphatic hydroxyl groups excluding tert-OH is 3. The highest BCUT2D eigenvalue weighted by atomic mass is 16.5. The summed E-state index contributed by atoms with van der Waals surface area (Å²) in [6.07, 6.45) is 3.52. The van der Waals surface area contributed by atoms with E-state index in [1.807, 2.05) is 0 Å². The zero-order valence-electron chi connectivity index (χ0n) is 11.6. The maximum Gasteiger partial charge on any atom is 0.330 e. The van der Waals surface area contributed by atoms with E-state index in [-0.39, 0.29) is 12.7 Å². The van der Waals surface area contributed by atoms with Crippen LogP contribution in [0.5, 0.6) is 0 Å². The zero-order valence-corrected chi connectivity index (χ0v) is 11.6. The smallest absolute Gasteiger partial charge is 0.330 e. The Morgan fingerprint density at radius 3 is 2.16 bits per heavy atom. The summed E-state index contributed by atoms with van der Waals surface area (Å²) < 4.78 is 4.70. The van der Waals surface area contributed by atoms with E-state index in [2.05, 4.69) is 6.58 Å². The Hall–Kier alpha value is -0.910. The van der Waals surface area contributed by atoms with Crippen molar-refractivity contribution in [2.45, 2.75) is 63.8 Å². The molecule has 0 aromatic carbocycles. The molecule has 0 saturated carbocycles. The Balaban J connectivity index is 3.50. The second-order valence-electron chi connectivity index (χ2n) is 4.85. The molecule has 3 N–H and O–H groups in total. The first-order chi connectivity index (χ1) is 8.95. The lowest BCUT2D eigenvalue weighted by Crippen LogP contribution is -2.18. The minimum absolute atomic E-state index is 0.0387. The van der Waals surface area contributed by atoms with Crippen molar-refractivity contribution in [3.05, 3.63) is 12.7 Å². The lowest BCUT2D eigenvalue weighted by atomic mass is 10.0. The van der Waals surface area contributed by atoms with Crippen LogP contribution in [0, 0.1) is 0 Å². The summed E-state index contributed by atoms with van der Waals surface area (Å²) in [5, 5.41) is 28.3. The van der Waals surface area contributed by atoms with Crippen molar-refractivity contribution < 1.29 is 24.9 Å². The van der Waals surface area contributed by atoms with Crippen molar-refractivity contribution in [1.29, 1.82) is 0 Å². The number of rotatable bonds is 11. The molecule has 0 fully saturated rings. The normalized spacial score (nSPS) is 15.6. The molecule has 0 radical (unpaired) electrons. The van der Waals surface area contributed by atoms with E-state index in [1.165, 1.54) is 0 Å². The average Bonchev–Trinajstić information content (AvgIpc) is 2.35. The summed E-state index contributed by atoms with van der Waals surface area (Å²) in [6.45, 7) is 4.95. The molecule has 0 aromatic rings. The van der Waals surface area contributed by atoms with Crippen molar-refractivity contribution in [3.63, 3.8) is 0 Å². The molecule has 0 saturated heterocycles. The van der Waals surface area contributed by atoms with Crippen LogP contribution < -0.4 is 0 Å². The van der Waals surface area contributed by atoms with Gasteiger partial charge in [0.05, 0.1) is 18.3 Å². The van der Waals surface area contributed by atoms with E-state index in [4.69, 9.17) is 9.84 Å². The topological polar surface area (TPSA) is 87.0 Å². The van der Waals surface area contributed by atoms with Crippen LogP contribution in [0.3, 0.4) is 0 Å². The third-order valence-electron chi connectivity index (χ3n) is 2.82. The molecule has 0 amide bonds. The van der Waals surface area contributed by atoms with Crippen LogP contribution in [0.25, 0.3) is 0 Å². The quantitative estimate of drug-likeness (QED) is 0.389. The minimum atomic E-state index is -0.700. The molecular weight excluding hydrogens is 248 g/mol. The predicted octanol–water partition coefficient (Wildman–Crippen LogP) is 1.16. The van der Waals surface area contributed by atoms with Crippen molar-refractivity contribution >= 4 is 5.97 Å². The maximum absolute atomic E-state index is 10.8. The molecule has 0 rings (SSSR count). The van der Waals surface area contributed by atoms with Gasteiger partial charge in [-0.3, -0.25) is 0 Å². The van der Waals surface area contributed by atoms with Gasteiger partial charge in [0.15, 0.2) is 0 Å². The Labute approximate surface area is 114 Å². The molecule has 0 bridgehead atoms. The minimum Gasteiger partial charge on any atom is -0.460 e. The summed E-state index contributed by atoms with van der Waals surface area (Å²) in [4.78, 5) is 10.8. The van der Waals surface area contributed by atoms with Crippen LogP contribution in [-0.2, 0) is 9.53 Å². The lowest BCUT2D eigenvalue weighted by Gasteiger charge is -2.13. The summed E-state index contributed by atoms with van der Waals surface area (Å²) in [6, 6.07) is 0. The van der Waals surface area contributed by atoms with Crippen LogP contribution >= 0.6 is 0 Å². The fourth-order valence-electron chi connectivity index (χ4n) is 1.70. The van der Waals surface area contributed by atoms with Gasteiger partial charge in [0, 0.05) is 6.08 Å². The van der Waals surface area contributed by atoms with Crippen molar-refractivity contribution in [2.24, 2.45) is 0 Å².